The fourth-order valence-electron chi connectivity index (χ4n) is 2.48. The number of tetrazole rings is 1. The summed E-state index contributed by atoms with van der Waals surface area (Å²) in [7, 11) is 0. The van der Waals surface area contributed by atoms with E-state index in [1.807, 2.05) is 5.38 Å². The molecule has 1 aromatic carbocycles. The SMILES string of the molecule is Cc1ccc(-c2csc(NC(=O)CSc3nnnn3C3CC3)n2)cc1C. The maximum absolute atomic E-state index is 12.2. The number of nitrogens with zero attached hydrogens (tertiary/aromatic N) is 5. The van der Waals surface area contributed by atoms with E-state index >= 15 is 0 Å². The molecule has 1 saturated carbocycles. The summed E-state index contributed by atoms with van der Waals surface area (Å²) in [6.07, 6.45) is 2.20. The van der Waals surface area contributed by atoms with Gasteiger partial charge in [0.1, 0.15) is 0 Å². The Bertz CT molecular complexity index is 946. The first-order valence-electron chi connectivity index (χ1n) is 8.34. The number of aryl methyl sites for hydroxylation is 2. The molecule has 1 fully saturated rings. The summed E-state index contributed by atoms with van der Waals surface area (Å²) in [5, 5.41) is 17.8. The largest absolute Gasteiger partial charge is 0.301 e. The van der Waals surface area contributed by atoms with Gasteiger partial charge in [0.25, 0.3) is 0 Å². The van der Waals surface area contributed by atoms with E-state index in [-0.39, 0.29) is 11.7 Å². The lowest BCUT2D eigenvalue weighted by Gasteiger charge is -2.03. The number of hydrogen-bond acceptors (Lipinski definition) is 7. The highest BCUT2D eigenvalue weighted by atomic mass is 32.2. The summed E-state index contributed by atoms with van der Waals surface area (Å²) >= 11 is 2.77. The van der Waals surface area contributed by atoms with Crippen molar-refractivity contribution in [1.29, 1.82) is 0 Å². The van der Waals surface area contributed by atoms with Crippen molar-refractivity contribution in [3.8, 4) is 11.3 Å². The summed E-state index contributed by atoms with van der Waals surface area (Å²) in [6.45, 7) is 4.17. The molecule has 0 bridgehead atoms. The van der Waals surface area contributed by atoms with Gasteiger partial charge in [0, 0.05) is 10.9 Å². The van der Waals surface area contributed by atoms with E-state index in [9.17, 15) is 4.79 Å². The van der Waals surface area contributed by atoms with Crippen LogP contribution in [0.1, 0.15) is 30.0 Å². The van der Waals surface area contributed by atoms with Crippen LogP contribution in [0, 0.1) is 13.8 Å². The highest BCUT2D eigenvalue weighted by Crippen LogP contribution is 2.36. The Morgan fingerprint density at radius 3 is 2.96 bits per heavy atom. The number of thioether (sulfide) groups is 1. The van der Waals surface area contributed by atoms with Gasteiger partial charge >= 0.3 is 0 Å². The molecule has 4 rings (SSSR count). The topological polar surface area (TPSA) is 85.6 Å². The normalized spacial score (nSPS) is 13.8. The Kier molecular flexibility index (Phi) is 4.73. The number of carbonyl (C=O) groups excluding carboxylic acids is 1. The number of amides is 1. The number of anilines is 1. The van der Waals surface area contributed by atoms with Crippen LogP contribution in [0.2, 0.25) is 0 Å². The van der Waals surface area contributed by atoms with Crippen LogP contribution >= 0.6 is 23.1 Å². The average Bonchev–Trinajstić information content (AvgIpc) is 3.17. The van der Waals surface area contributed by atoms with E-state index in [4.69, 9.17) is 0 Å². The fraction of sp³-hybridized carbons (Fsp3) is 0.353. The number of carbonyl (C=O) groups is 1. The monoisotopic (exact) mass is 386 g/mol. The van der Waals surface area contributed by atoms with Crippen molar-refractivity contribution in [2.24, 2.45) is 0 Å². The van der Waals surface area contributed by atoms with Gasteiger partial charge in [-0.3, -0.25) is 4.79 Å². The standard InChI is InChI=1S/C17H18N6OS2/c1-10-3-4-12(7-11(10)2)14-8-25-16(18-14)19-15(24)9-26-17-20-21-22-23(17)13-5-6-13/h3-4,7-8,13H,5-6,9H2,1-2H3,(H,18,19,24). The number of aromatic nitrogens is 5. The van der Waals surface area contributed by atoms with Crippen molar-refractivity contribution >= 4 is 34.1 Å². The highest BCUT2D eigenvalue weighted by Gasteiger charge is 2.28. The molecule has 0 atom stereocenters. The fourth-order valence-corrected chi connectivity index (χ4v) is 3.96. The van der Waals surface area contributed by atoms with Gasteiger partial charge in [-0.1, -0.05) is 23.9 Å². The number of thiazole rings is 1. The Hall–Kier alpha value is -2.26. The molecule has 7 nitrogen and oxygen atoms in total. The third-order valence-corrected chi connectivity index (χ3v) is 5.93. The molecule has 1 amide bonds. The molecule has 134 valence electrons. The van der Waals surface area contributed by atoms with Gasteiger partial charge in [-0.2, -0.15) is 0 Å². The molecule has 2 aromatic heterocycles. The molecule has 9 heteroatoms. The molecular weight excluding hydrogens is 368 g/mol. The predicted molar refractivity (Wildman–Crippen MR) is 102 cm³/mol. The lowest BCUT2D eigenvalue weighted by atomic mass is 10.1. The van der Waals surface area contributed by atoms with E-state index < -0.39 is 0 Å². The number of nitrogens with one attached hydrogen (secondary N) is 1. The van der Waals surface area contributed by atoms with E-state index in [1.165, 1.54) is 34.2 Å². The summed E-state index contributed by atoms with van der Waals surface area (Å²) < 4.78 is 1.80. The van der Waals surface area contributed by atoms with Gasteiger partial charge in [0.15, 0.2) is 5.13 Å². The average molecular weight is 387 g/mol. The second-order valence-electron chi connectivity index (χ2n) is 6.31. The second-order valence-corrected chi connectivity index (χ2v) is 8.11. The summed E-state index contributed by atoms with van der Waals surface area (Å²) in [5.41, 5.74) is 4.41. The van der Waals surface area contributed by atoms with Crippen LogP contribution in [0.3, 0.4) is 0 Å². The molecule has 3 aromatic rings. The van der Waals surface area contributed by atoms with Crippen molar-refractivity contribution in [1.82, 2.24) is 25.2 Å². The summed E-state index contributed by atoms with van der Waals surface area (Å²) in [6, 6.07) is 6.65. The van der Waals surface area contributed by atoms with E-state index in [1.54, 1.807) is 4.68 Å². The third-order valence-electron chi connectivity index (χ3n) is 4.24. The van der Waals surface area contributed by atoms with Gasteiger partial charge in [-0.25, -0.2) is 9.67 Å². The van der Waals surface area contributed by atoms with Gasteiger partial charge in [-0.15, -0.1) is 16.4 Å². The molecular formula is C17H18N6OS2. The van der Waals surface area contributed by atoms with Gasteiger partial charge < -0.3 is 5.32 Å². The smallest absolute Gasteiger partial charge is 0.236 e. The van der Waals surface area contributed by atoms with Crippen molar-refractivity contribution in [2.75, 3.05) is 11.1 Å². The maximum Gasteiger partial charge on any atom is 0.236 e. The van der Waals surface area contributed by atoms with Gasteiger partial charge in [0.2, 0.25) is 11.1 Å². The molecule has 26 heavy (non-hydrogen) atoms. The lowest BCUT2D eigenvalue weighted by molar-refractivity contribution is -0.113. The number of rotatable bonds is 6. The van der Waals surface area contributed by atoms with Crippen LogP contribution in [-0.4, -0.2) is 36.9 Å². The van der Waals surface area contributed by atoms with Crippen LogP contribution in [0.4, 0.5) is 5.13 Å². The molecule has 2 heterocycles. The Morgan fingerprint density at radius 2 is 2.19 bits per heavy atom. The van der Waals surface area contributed by atoms with Crippen LogP contribution in [0.5, 0.6) is 0 Å². The van der Waals surface area contributed by atoms with E-state index in [2.05, 4.69) is 57.9 Å². The zero-order valence-corrected chi connectivity index (χ0v) is 16.1. The zero-order valence-electron chi connectivity index (χ0n) is 14.5. The first kappa shape index (κ1) is 17.2. The van der Waals surface area contributed by atoms with E-state index in [0.717, 1.165) is 24.1 Å². The maximum atomic E-state index is 12.2. The first-order valence-corrected chi connectivity index (χ1v) is 10.2. The lowest BCUT2D eigenvalue weighted by Crippen LogP contribution is -2.14. The first-order chi connectivity index (χ1) is 12.6. The summed E-state index contributed by atoms with van der Waals surface area (Å²) in [4.78, 5) is 16.7. The minimum Gasteiger partial charge on any atom is -0.301 e. The molecule has 0 aliphatic heterocycles. The van der Waals surface area contributed by atoms with Crippen molar-refractivity contribution in [2.45, 2.75) is 37.9 Å². The molecule has 0 spiro atoms. The van der Waals surface area contributed by atoms with Crippen LogP contribution < -0.4 is 5.32 Å². The zero-order chi connectivity index (χ0) is 18.1. The molecule has 0 saturated heterocycles. The van der Waals surface area contributed by atoms with Gasteiger partial charge in [0.05, 0.1) is 17.5 Å². The minimum absolute atomic E-state index is 0.110. The molecule has 0 unspecified atom stereocenters. The van der Waals surface area contributed by atoms with Crippen molar-refractivity contribution in [3.05, 3.63) is 34.7 Å². The van der Waals surface area contributed by atoms with Crippen LogP contribution in [0.15, 0.2) is 28.7 Å². The predicted octanol–water partition coefficient (Wildman–Crippen LogP) is 3.48. The van der Waals surface area contributed by atoms with E-state index in [0.29, 0.717) is 16.3 Å². The minimum atomic E-state index is -0.110. The Morgan fingerprint density at radius 1 is 1.35 bits per heavy atom. The van der Waals surface area contributed by atoms with Crippen LogP contribution in [0.25, 0.3) is 11.3 Å². The third kappa shape index (κ3) is 3.78. The van der Waals surface area contributed by atoms with Crippen LogP contribution in [-0.2, 0) is 4.79 Å². The summed E-state index contributed by atoms with van der Waals surface area (Å²) in [5.74, 6) is 0.146. The molecule has 1 aliphatic rings. The van der Waals surface area contributed by atoms with Crippen molar-refractivity contribution < 1.29 is 4.79 Å². The quantitative estimate of drug-likeness (QED) is 0.653. The Labute approximate surface area is 159 Å². The second kappa shape index (κ2) is 7.16. The number of hydrogen-bond donors (Lipinski definition) is 1. The van der Waals surface area contributed by atoms with Gasteiger partial charge in [-0.05, 0) is 54.3 Å². The molecule has 1 N–H and O–H groups in total. The highest BCUT2D eigenvalue weighted by molar-refractivity contribution is 7.99. The van der Waals surface area contributed by atoms with Crippen molar-refractivity contribution in [3.63, 3.8) is 0 Å². The Balaban J connectivity index is 1.36. The molecule has 1 aliphatic carbocycles. The molecule has 0 radical (unpaired) electrons. The number of benzene rings is 1.